The van der Waals surface area contributed by atoms with Gasteiger partial charge in [-0.2, -0.15) is 9.40 Å². The molecule has 110 valence electrons. The van der Waals surface area contributed by atoms with Gasteiger partial charge in [-0.3, -0.25) is 5.10 Å². The summed E-state index contributed by atoms with van der Waals surface area (Å²) in [5.74, 6) is 0.477. The van der Waals surface area contributed by atoms with Crippen LogP contribution in [0.15, 0.2) is 35.6 Å². The quantitative estimate of drug-likeness (QED) is 0.612. The molecule has 9 heteroatoms. The lowest BCUT2D eigenvalue weighted by molar-refractivity contribution is 0.458. The molecule has 0 bridgehead atoms. The van der Waals surface area contributed by atoms with E-state index in [1.165, 1.54) is 23.9 Å². The zero-order valence-corrected chi connectivity index (χ0v) is 12.1. The molecule has 0 saturated carbocycles. The van der Waals surface area contributed by atoms with E-state index in [0.29, 0.717) is 22.4 Å². The third-order valence-corrected chi connectivity index (χ3v) is 5.04. The van der Waals surface area contributed by atoms with Crippen molar-refractivity contribution in [3.05, 3.63) is 36.5 Å². The van der Waals surface area contributed by atoms with E-state index >= 15 is 0 Å². The molecular formula is C12H14N6O2S. The number of anilines is 1. The fourth-order valence-corrected chi connectivity index (χ4v) is 3.39. The lowest BCUT2D eigenvalue weighted by Gasteiger charge is -2.15. The molecule has 0 spiro atoms. The summed E-state index contributed by atoms with van der Waals surface area (Å²) < 4.78 is 26.5. The first-order chi connectivity index (χ1) is 9.98. The van der Waals surface area contributed by atoms with Crippen molar-refractivity contribution in [3.8, 4) is 0 Å². The zero-order valence-electron chi connectivity index (χ0n) is 11.2. The van der Waals surface area contributed by atoms with E-state index in [9.17, 15) is 8.42 Å². The maximum atomic E-state index is 12.6. The molecule has 3 aromatic rings. The van der Waals surface area contributed by atoms with Crippen molar-refractivity contribution >= 4 is 26.6 Å². The first kappa shape index (κ1) is 13.6. The first-order valence-electron chi connectivity index (χ1n) is 6.15. The van der Waals surface area contributed by atoms with Crippen LogP contribution in [0.5, 0.6) is 0 Å². The number of fused-ring (bicyclic) bond motifs is 1. The van der Waals surface area contributed by atoms with Crippen molar-refractivity contribution in [2.24, 2.45) is 0 Å². The fraction of sp³-hybridized carbons (Fsp3) is 0.167. The van der Waals surface area contributed by atoms with Crippen LogP contribution < -0.4 is 5.73 Å². The van der Waals surface area contributed by atoms with Gasteiger partial charge in [0.25, 0.3) is 0 Å². The number of nitrogen functional groups attached to an aromatic ring is 1. The summed E-state index contributed by atoms with van der Waals surface area (Å²) in [6, 6.07) is 5.06. The van der Waals surface area contributed by atoms with Gasteiger partial charge in [-0.15, -0.1) is 0 Å². The molecule has 2 heterocycles. The Hall–Kier alpha value is -2.39. The van der Waals surface area contributed by atoms with Gasteiger partial charge < -0.3 is 10.7 Å². The summed E-state index contributed by atoms with van der Waals surface area (Å²) in [5.41, 5.74) is 6.95. The van der Waals surface area contributed by atoms with Crippen molar-refractivity contribution in [1.82, 2.24) is 24.5 Å². The number of nitrogens with two attached hydrogens (primary N) is 1. The maximum Gasteiger partial charge on any atom is 0.245 e. The Labute approximate surface area is 121 Å². The van der Waals surface area contributed by atoms with Crippen molar-refractivity contribution in [2.45, 2.75) is 11.4 Å². The number of aromatic amines is 2. The molecule has 0 aliphatic rings. The van der Waals surface area contributed by atoms with Crippen molar-refractivity contribution in [1.29, 1.82) is 0 Å². The number of hydrogen-bond donors (Lipinski definition) is 3. The molecule has 0 aliphatic heterocycles. The summed E-state index contributed by atoms with van der Waals surface area (Å²) in [5, 5.41) is 6.95. The predicted molar refractivity (Wildman–Crippen MR) is 77.7 cm³/mol. The van der Waals surface area contributed by atoms with Crippen LogP contribution in [0.1, 0.15) is 5.82 Å². The Morgan fingerprint density at radius 2 is 2.19 bits per heavy atom. The summed E-state index contributed by atoms with van der Waals surface area (Å²) in [6.45, 7) is 0.115. The van der Waals surface area contributed by atoms with Crippen molar-refractivity contribution in [2.75, 3.05) is 12.8 Å². The Kier molecular flexibility index (Phi) is 3.15. The second kappa shape index (κ2) is 4.86. The van der Waals surface area contributed by atoms with E-state index in [-0.39, 0.29) is 11.4 Å². The molecule has 3 rings (SSSR count). The summed E-state index contributed by atoms with van der Waals surface area (Å²) >= 11 is 0. The molecule has 0 fully saturated rings. The van der Waals surface area contributed by atoms with E-state index in [1.54, 1.807) is 18.2 Å². The van der Waals surface area contributed by atoms with Crippen LogP contribution in [0.3, 0.4) is 0 Å². The molecule has 0 radical (unpaired) electrons. The highest BCUT2D eigenvalue weighted by Crippen LogP contribution is 2.26. The molecule has 0 amide bonds. The lowest BCUT2D eigenvalue weighted by atomic mass is 10.2. The molecule has 2 aromatic heterocycles. The fourth-order valence-electron chi connectivity index (χ4n) is 2.10. The largest absolute Gasteiger partial charge is 0.399 e. The molecule has 8 nitrogen and oxygen atoms in total. The van der Waals surface area contributed by atoms with Crippen LogP contribution in [0.25, 0.3) is 10.9 Å². The summed E-state index contributed by atoms with van der Waals surface area (Å²) in [4.78, 5) is 7.06. The minimum Gasteiger partial charge on any atom is -0.399 e. The van der Waals surface area contributed by atoms with E-state index in [2.05, 4.69) is 20.2 Å². The number of benzene rings is 1. The molecule has 21 heavy (non-hydrogen) atoms. The van der Waals surface area contributed by atoms with Gasteiger partial charge in [0.15, 0.2) is 0 Å². The van der Waals surface area contributed by atoms with Crippen LogP contribution in [-0.2, 0) is 16.6 Å². The smallest absolute Gasteiger partial charge is 0.245 e. The SMILES string of the molecule is CN(Cc1ncn[nH]1)S(=O)(=O)c1c[nH]c2cc(N)ccc12. The van der Waals surface area contributed by atoms with Crippen LogP contribution >= 0.6 is 0 Å². The third-order valence-electron chi connectivity index (χ3n) is 3.19. The highest BCUT2D eigenvalue weighted by molar-refractivity contribution is 7.89. The Morgan fingerprint density at radius 1 is 1.38 bits per heavy atom. The molecule has 0 unspecified atom stereocenters. The number of H-pyrrole nitrogens is 2. The molecule has 0 aliphatic carbocycles. The van der Waals surface area contributed by atoms with Gasteiger partial charge in [-0.25, -0.2) is 13.4 Å². The van der Waals surface area contributed by atoms with Crippen LogP contribution in [-0.4, -0.2) is 39.9 Å². The lowest BCUT2D eigenvalue weighted by Crippen LogP contribution is -2.26. The molecule has 4 N–H and O–H groups in total. The average Bonchev–Trinajstić information content (AvgIpc) is 3.07. The second-order valence-electron chi connectivity index (χ2n) is 4.65. The minimum atomic E-state index is -3.64. The van der Waals surface area contributed by atoms with Crippen LogP contribution in [0.4, 0.5) is 5.69 Å². The summed E-state index contributed by atoms with van der Waals surface area (Å²) in [7, 11) is -2.14. The monoisotopic (exact) mass is 306 g/mol. The topological polar surface area (TPSA) is 121 Å². The molecule has 0 atom stereocenters. The number of hydrogen-bond acceptors (Lipinski definition) is 5. The van der Waals surface area contributed by atoms with E-state index in [0.717, 1.165) is 0 Å². The van der Waals surface area contributed by atoms with Gasteiger partial charge in [0, 0.05) is 29.8 Å². The Morgan fingerprint density at radius 3 is 2.90 bits per heavy atom. The number of rotatable bonds is 4. The van der Waals surface area contributed by atoms with Gasteiger partial charge in [0.05, 0.1) is 6.54 Å². The van der Waals surface area contributed by atoms with Crippen molar-refractivity contribution < 1.29 is 8.42 Å². The Bertz CT molecular complexity index is 868. The van der Waals surface area contributed by atoms with E-state index < -0.39 is 10.0 Å². The number of nitrogens with one attached hydrogen (secondary N) is 2. The molecular weight excluding hydrogens is 292 g/mol. The van der Waals surface area contributed by atoms with Crippen molar-refractivity contribution in [3.63, 3.8) is 0 Å². The molecule has 0 saturated heterocycles. The number of nitrogens with zero attached hydrogens (tertiary/aromatic N) is 3. The first-order valence-corrected chi connectivity index (χ1v) is 7.59. The Balaban J connectivity index is 2.00. The third kappa shape index (κ3) is 2.36. The number of aromatic nitrogens is 4. The van der Waals surface area contributed by atoms with E-state index in [4.69, 9.17) is 5.73 Å². The van der Waals surface area contributed by atoms with E-state index in [1.807, 2.05) is 0 Å². The maximum absolute atomic E-state index is 12.6. The van der Waals surface area contributed by atoms with Gasteiger partial charge >= 0.3 is 0 Å². The van der Waals surface area contributed by atoms with Gasteiger partial charge in [-0.05, 0) is 18.2 Å². The highest BCUT2D eigenvalue weighted by Gasteiger charge is 2.25. The highest BCUT2D eigenvalue weighted by atomic mass is 32.2. The van der Waals surface area contributed by atoms with Gasteiger partial charge in [0.2, 0.25) is 10.0 Å². The standard InChI is InChI=1S/C12H14N6O2S/c1-18(6-12-15-7-16-17-12)21(19,20)11-5-14-10-4-8(13)2-3-9(10)11/h2-5,7,14H,6,13H2,1H3,(H,15,16,17). The van der Waals surface area contributed by atoms with Crippen LogP contribution in [0.2, 0.25) is 0 Å². The van der Waals surface area contributed by atoms with Gasteiger partial charge in [0.1, 0.15) is 17.0 Å². The summed E-state index contributed by atoms with van der Waals surface area (Å²) in [6.07, 6.45) is 2.81. The second-order valence-corrected chi connectivity index (χ2v) is 6.66. The van der Waals surface area contributed by atoms with Gasteiger partial charge in [-0.1, -0.05) is 0 Å². The molecule has 1 aromatic carbocycles. The predicted octanol–water partition coefficient (Wildman–Crippen LogP) is 0.689. The van der Waals surface area contributed by atoms with Crippen LogP contribution in [0, 0.1) is 0 Å². The minimum absolute atomic E-state index is 0.115. The number of sulfonamides is 1. The zero-order chi connectivity index (χ0) is 15.0. The normalized spacial score (nSPS) is 12.3. The average molecular weight is 306 g/mol.